The Balaban J connectivity index is 1.97. The minimum absolute atomic E-state index is 0.130. The van der Waals surface area contributed by atoms with Crippen LogP contribution in [0.1, 0.15) is 16.1 Å². The topological polar surface area (TPSA) is 83.0 Å². The Morgan fingerprint density at radius 3 is 2.77 bits per heavy atom. The van der Waals surface area contributed by atoms with Gasteiger partial charge in [-0.15, -0.1) is 0 Å². The predicted octanol–water partition coefficient (Wildman–Crippen LogP) is 3.35. The van der Waals surface area contributed by atoms with Gasteiger partial charge in [-0.2, -0.15) is 8.78 Å². The van der Waals surface area contributed by atoms with E-state index >= 15 is 0 Å². The molecule has 0 saturated heterocycles. The monoisotopic (exact) mass is 378 g/mol. The van der Waals surface area contributed by atoms with Crippen molar-refractivity contribution in [2.45, 2.75) is 13.2 Å². The third kappa shape index (κ3) is 4.15. The van der Waals surface area contributed by atoms with E-state index in [-0.39, 0.29) is 11.6 Å². The number of ether oxygens (including phenoxy) is 1. The molecule has 3 rings (SSSR count). The average molecular weight is 379 g/mol. The van der Waals surface area contributed by atoms with Crippen molar-refractivity contribution in [3.63, 3.8) is 0 Å². The Kier molecular flexibility index (Phi) is 5.13. The highest BCUT2D eigenvalue weighted by Gasteiger charge is 2.15. The van der Waals surface area contributed by atoms with E-state index in [0.717, 1.165) is 0 Å². The molecule has 0 atom stereocenters. The molecule has 9 heteroatoms. The second-order valence-electron chi connectivity index (χ2n) is 5.38. The first-order valence-electron chi connectivity index (χ1n) is 7.43. The molecule has 0 aliphatic rings. The summed E-state index contributed by atoms with van der Waals surface area (Å²) in [5.74, 6) is -0.836. The van der Waals surface area contributed by atoms with E-state index in [2.05, 4.69) is 14.7 Å². The third-order valence-corrected chi connectivity index (χ3v) is 3.73. The lowest BCUT2D eigenvalue weighted by Gasteiger charge is -2.12. The number of aromatic nitrogens is 3. The summed E-state index contributed by atoms with van der Waals surface area (Å²) in [5.41, 5.74) is 6.96. The van der Waals surface area contributed by atoms with Gasteiger partial charge in [-0.25, -0.2) is 9.97 Å². The van der Waals surface area contributed by atoms with Crippen LogP contribution in [-0.4, -0.2) is 27.1 Å². The maximum Gasteiger partial charge on any atom is 0.388 e. The molecule has 1 amide bonds. The standard InChI is InChI=1S/C17H13ClF2N4O2/c18-12-3-1-2-11(5-12)13-4-10(6-22-16(13)26-17(19)20)7-24-8-14(15(21)25)23-9-24/h1-6,8-9,17H,7H2,(H2,21,25). The number of halogens is 3. The second-order valence-corrected chi connectivity index (χ2v) is 5.82. The normalized spacial score (nSPS) is 10.9. The molecule has 2 heterocycles. The Morgan fingerprint density at radius 1 is 1.31 bits per heavy atom. The lowest BCUT2D eigenvalue weighted by molar-refractivity contribution is -0.0524. The Morgan fingerprint density at radius 2 is 2.12 bits per heavy atom. The first-order valence-corrected chi connectivity index (χ1v) is 7.81. The molecule has 0 saturated carbocycles. The molecule has 134 valence electrons. The van der Waals surface area contributed by atoms with Crippen LogP contribution in [0.3, 0.4) is 0 Å². The van der Waals surface area contributed by atoms with Gasteiger partial charge in [0.05, 0.1) is 12.9 Å². The van der Waals surface area contributed by atoms with Crippen molar-refractivity contribution >= 4 is 17.5 Å². The van der Waals surface area contributed by atoms with Gasteiger partial charge >= 0.3 is 6.61 Å². The Hall–Kier alpha value is -3.00. The van der Waals surface area contributed by atoms with Crippen LogP contribution in [0.4, 0.5) is 8.78 Å². The van der Waals surface area contributed by atoms with Crippen LogP contribution in [0.15, 0.2) is 49.1 Å². The molecule has 0 unspecified atom stereocenters. The summed E-state index contributed by atoms with van der Waals surface area (Å²) in [6.45, 7) is -2.69. The molecule has 0 aliphatic heterocycles. The highest BCUT2D eigenvalue weighted by atomic mass is 35.5. The Labute approximate surface area is 152 Å². The minimum atomic E-state index is -3.00. The van der Waals surface area contributed by atoms with Gasteiger partial charge in [-0.3, -0.25) is 4.79 Å². The summed E-state index contributed by atoms with van der Waals surface area (Å²) >= 11 is 5.99. The van der Waals surface area contributed by atoms with Crippen molar-refractivity contribution in [3.8, 4) is 17.0 Å². The van der Waals surface area contributed by atoms with E-state index in [1.165, 1.54) is 18.7 Å². The lowest BCUT2D eigenvalue weighted by atomic mass is 10.1. The van der Waals surface area contributed by atoms with Gasteiger partial charge in [0.25, 0.3) is 5.91 Å². The maximum absolute atomic E-state index is 12.7. The number of carbonyl (C=O) groups excluding carboxylic acids is 1. The van der Waals surface area contributed by atoms with Crippen molar-refractivity contribution in [2.75, 3.05) is 0 Å². The number of carbonyl (C=O) groups is 1. The molecule has 0 bridgehead atoms. The molecule has 1 aromatic carbocycles. The van der Waals surface area contributed by atoms with Crippen LogP contribution < -0.4 is 10.5 Å². The van der Waals surface area contributed by atoms with E-state index in [1.54, 1.807) is 34.9 Å². The van der Waals surface area contributed by atoms with Crippen molar-refractivity contribution in [3.05, 3.63) is 65.3 Å². The summed E-state index contributed by atoms with van der Waals surface area (Å²) < 4.78 is 31.5. The molecule has 6 nitrogen and oxygen atoms in total. The fourth-order valence-corrected chi connectivity index (χ4v) is 2.60. The van der Waals surface area contributed by atoms with Gasteiger partial charge in [0.2, 0.25) is 5.88 Å². The van der Waals surface area contributed by atoms with Gasteiger partial charge < -0.3 is 15.0 Å². The van der Waals surface area contributed by atoms with Crippen LogP contribution in [0, 0.1) is 0 Å². The summed E-state index contributed by atoms with van der Waals surface area (Å²) in [4.78, 5) is 19.0. The molecule has 0 spiro atoms. The smallest absolute Gasteiger partial charge is 0.388 e. The number of benzene rings is 1. The summed E-state index contributed by atoms with van der Waals surface area (Å²) in [5, 5.41) is 0.455. The highest BCUT2D eigenvalue weighted by Crippen LogP contribution is 2.31. The number of nitrogens with zero attached hydrogens (tertiary/aromatic N) is 3. The van der Waals surface area contributed by atoms with Crippen molar-refractivity contribution in [1.29, 1.82) is 0 Å². The first-order chi connectivity index (χ1) is 12.4. The minimum Gasteiger partial charge on any atom is -0.416 e. The van der Waals surface area contributed by atoms with E-state index in [9.17, 15) is 13.6 Å². The number of rotatable bonds is 6. The summed E-state index contributed by atoms with van der Waals surface area (Å²) in [6.07, 6.45) is 4.35. The molecular weight excluding hydrogens is 366 g/mol. The zero-order valence-electron chi connectivity index (χ0n) is 13.3. The van der Waals surface area contributed by atoms with Crippen LogP contribution >= 0.6 is 11.6 Å². The number of hydrogen-bond donors (Lipinski definition) is 1. The third-order valence-electron chi connectivity index (χ3n) is 3.49. The lowest BCUT2D eigenvalue weighted by Crippen LogP contribution is -2.11. The van der Waals surface area contributed by atoms with Gasteiger partial charge in [0.15, 0.2) is 0 Å². The van der Waals surface area contributed by atoms with Gasteiger partial charge in [0.1, 0.15) is 5.69 Å². The van der Waals surface area contributed by atoms with Crippen molar-refractivity contribution < 1.29 is 18.3 Å². The van der Waals surface area contributed by atoms with Crippen LogP contribution in [0.5, 0.6) is 5.88 Å². The largest absolute Gasteiger partial charge is 0.416 e. The van der Waals surface area contributed by atoms with E-state index in [0.29, 0.717) is 28.3 Å². The molecule has 26 heavy (non-hydrogen) atoms. The molecule has 2 N–H and O–H groups in total. The number of nitrogens with two attached hydrogens (primary N) is 1. The fourth-order valence-electron chi connectivity index (χ4n) is 2.41. The number of imidazole rings is 1. The quantitative estimate of drug-likeness (QED) is 0.713. The van der Waals surface area contributed by atoms with Gasteiger partial charge in [-0.1, -0.05) is 23.7 Å². The van der Waals surface area contributed by atoms with Crippen LogP contribution in [-0.2, 0) is 6.54 Å². The van der Waals surface area contributed by atoms with Gasteiger partial charge in [0, 0.05) is 23.0 Å². The molecule has 2 aromatic heterocycles. The second kappa shape index (κ2) is 7.49. The summed E-state index contributed by atoms with van der Waals surface area (Å²) in [7, 11) is 0. The Bertz CT molecular complexity index is 946. The number of alkyl halides is 2. The van der Waals surface area contributed by atoms with Crippen molar-refractivity contribution in [2.24, 2.45) is 5.73 Å². The maximum atomic E-state index is 12.7. The number of hydrogen-bond acceptors (Lipinski definition) is 4. The van der Waals surface area contributed by atoms with E-state index in [1.807, 2.05) is 0 Å². The SMILES string of the molecule is NC(=O)c1cn(Cc2cnc(OC(F)F)c(-c3cccc(Cl)c3)c2)cn1. The van der Waals surface area contributed by atoms with Crippen LogP contribution in [0.25, 0.3) is 11.1 Å². The highest BCUT2D eigenvalue weighted by molar-refractivity contribution is 6.30. The van der Waals surface area contributed by atoms with Crippen LogP contribution in [0.2, 0.25) is 5.02 Å². The number of primary amides is 1. The average Bonchev–Trinajstić information content (AvgIpc) is 3.04. The molecule has 0 fully saturated rings. The fraction of sp³-hybridized carbons (Fsp3) is 0.118. The zero-order valence-corrected chi connectivity index (χ0v) is 14.0. The summed E-state index contributed by atoms with van der Waals surface area (Å²) in [6, 6.07) is 8.38. The molecule has 3 aromatic rings. The molecule has 0 radical (unpaired) electrons. The predicted molar refractivity (Wildman–Crippen MR) is 91.2 cm³/mol. The van der Waals surface area contributed by atoms with E-state index in [4.69, 9.17) is 17.3 Å². The zero-order chi connectivity index (χ0) is 18.7. The van der Waals surface area contributed by atoms with Gasteiger partial charge in [-0.05, 0) is 29.3 Å². The number of pyridine rings is 1. The molecule has 0 aliphatic carbocycles. The van der Waals surface area contributed by atoms with E-state index < -0.39 is 12.5 Å². The molecular formula is C17H13ClF2N4O2. The van der Waals surface area contributed by atoms with Crippen molar-refractivity contribution in [1.82, 2.24) is 14.5 Å². The number of amides is 1. The first kappa shape index (κ1) is 17.8.